The minimum atomic E-state index is -1.30. The third kappa shape index (κ3) is 4.31. The number of esters is 1. The Hall–Kier alpha value is -4.07. The Bertz CT molecular complexity index is 991. The first kappa shape index (κ1) is 17.7. The molecular formula is C19H13N3O5. The maximum absolute atomic E-state index is 12.2. The van der Waals surface area contributed by atoms with Gasteiger partial charge in [-0.05, 0) is 42.5 Å². The average Bonchev–Trinajstić information content (AvgIpc) is 2.70. The van der Waals surface area contributed by atoms with Crippen LogP contribution in [-0.2, 0) is 0 Å². The van der Waals surface area contributed by atoms with Crippen LogP contribution in [0.1, 0.15) is 31.1 Å². The smallest absolute Gasteiger partial charge is 0.345 e. The maximum atomic E-state index is 12.2. The molecular weight excluding hydrogens is 350 g/mol. The lowest BCUT2D eigenvalue weighted by Crippen LogP contribution is -2.14. The molecule has 134 valence electrons. The van der Waals surface area contributed by atoms with Crippen LogP contribution >= 0.6 is 0 Å². The summed E-state index contributed by atoms with van der Waals surface area (Å²) in [5, 5.41) is 12.0. The topological polar surface area (TPSA) is 118 Å². The summed E-state index contributed by atoms with van der Waals surface area (Å²) in [6.07, 6.45) is 5.73. The number of carbonyl (C=O) groups is 3. The summed E-state index contributed by atoms with van der Waals surface area (Å²) in [6.45, 7) is 0. The summed E-state index contributed by atoms with van der Waals surface area (Å²) in [4.78, 5) is 43.4. The van der Waals surface area contributed by atoms with E-state index in [0.717, 1.165) is 0 Å². The van der Waals surface area contributed by atoms with Crippen LogP contribution in [0.5, 0.6) is 5.75 Å². The lowest BCUT2D eigenvalue weighted by Gasteiger charge is -2.10. The van der Waals surface area contributed by atoms with Gasteiger partial charge >= 0.3 is 11.9 Å². The molecule has 0 aliphatic rings. The highest BCUT2D eigenvalue weighted by molar-refractivity contribution is 6.05. The molecule has 1 amide bonds. The molecule has 0 spiro atoms. The molecule has 3 aromatic rings. The van der Waals surface area contributed by atoms with Gasteiger partial charge in [0.05, 0.1) is 11.1 Å². The van der Waals surface area contributed by atoms with Gasteiger partial charge in [0.25, 0.3) is 5.91 Å². The number of pyridine rings is 2. The van der Waals surface area contributed by atoms with E-state index in [4.69, 9.17) is 4.74 Å². The van der Waals surface area contributed by atoms with Gasteiger partial charge in [-0.25, -0.2) is 9.59 Å². The van der Waals surface area contributed by atoms with Crippen molar-refractivity contribution in [2.24, 2.45) is 0 Å². The number of anilines is 1. The number of aromatic nitrogens is 2. The lowest BCUT2D eigenvalue weighted by atomic mass is 10.1. The van der Waals surface area contributed by atoms with Crippen LogP contribution in [0.3, 0.4) is 0 Å². The van der Waals surface area contributed by atoms with Crippen LogP contribution < -0.4 is 10.1 Å². The number of benzene rings is 1. The maximum Gasteiger partial charge on any atom is 0.345 e. The molecule has 0 fully saturated rings. The molecule has 8 nitrogen and oxygen atoms in total. The molecule has 8 heteroatoms. The normalized spacial score (nSPS) is 10.1. The van der Waals surface area contributed by atoms with Crippen LogP contribution in [0, 0.1) is 0 Å². The number of carbonyl (C=O) groups excluding carboxylic acids is 2. The number of hydrogen-bond acceptors (Lipinski definition) is 6. The quantitative estimate of drug-likeness (QED) is 0.528. The number of hydrogen-bond donors (Lipinski definition) is 2. The minimum Gasteiger partial charge on any atom is -0.478 e. The second-order valence-corrected chi connectivity index (χ2v) is 5.34. The summed E-state index contributed by atoms with van der Waals surface area (Å²) in [5.74, 6) is -2.63. The van der Waals surface area contributed by atoms with Gasteiger partial charge in [0.2, 0.25) is 0 Å². The van der Waals surface area contributed by atoms with E-state index in [1.54, 1.807) is 18.2 Å². The van der Waals surface area contributed by atoms with Gasteiger partial charge in [0.1, 0.15) is 11.3 Å². The molecule has 2 N–H and O–H groups in total. The van der Waals surface area contributed by atoms with E-state index in [2.05, 4.69) is 15.3 Å². The van der Waals surface area contributed by atoms with E-state index < -0.39 is 17.8 Å². The Labute approximate surface area is 153 Å². The highest BCUT2D eigenvalue weighted by Crippen LogP contribution is 2.24. The predicted molar refractivity (Wildman–Crippen MR) is 94.8 cm³/mol. The largest absolute Gasteiger partial charge is 0.478 e. The number of aromatic carboxylic acids is 1. The van der Waals surface area contributed by atoms with Crippen LogP contribution in [-0.4, -0.2) is 32.9 Å². The third-order valence-corrected chi connectivity index (χ3v) is 3.49. The van der Waals surface area contributed by atoms with Crippen molar-refractivity contribution in [3.05, 3.63) is 83.9 Å². The second-order valence-electron chi connectivity index (χ2n) is 5.34. The number of carboxylic acids is 1. The fourth-order valence-corrected chi connectivity index (χ4v) is 2.21. The molecule has 0 saturated heterocycles. The molecule has 2 aromatic heterocycles. The van der Waals surface area contributed by atoms with Crippen molar-refractivity contribution in [2.45, 2.75) is 0 Å². The summed E-state index contributed by atoms with van der Waals surface area (Å²) >= 11 is 0. The number of rotatable bonds is 5. The molecule has 0 bridgehead atoms. The van der Waals surface area contributed by atoms with Gasteiger partial charge in [-0.15, -0.1) is 0 Å². The van der Waals surface area contributed by atoms with Gasteiger partial charge in [-0.1, -0.05) is 0 Å². The molecule has 0 saturated carbocycles. The summed E-state index contributed by atoms with van der Waals surface area (Å²) in [5.41, 5.74) is 0.475. The molecule has 0 aliphatic heterocycles. The van der Waals surface area contributed by atoms with Crippen molar-refractivity contribution in [1.82, 2.24) is 9.97 Å². The van der Waals surface area contributed by atoms with E-state index in [1.807, 2.05) is 0 Å². The second kappa shape index (κ2) is 7.87. The first-order valence-electron chi connectivity index (χ1n) is 7.75. The lowest BCUT2D eigenvalue weighted by molar-refractivity contribution is 0.0681. The number of carboxylic acid groups (broad SMARTS) is 1. The van der Waals surface area contributed by atoms with Gasteiger partial charge in [0.15, 0.2) is 0 Å². The van der Waals surface area contributed by atoms with Crippen LogP contribution in [0.25, 0.3) is 0 Å². The number of ether oxygens (including phenoxy) is 1. The summed E-state index contributed by atoms with van der Waals surface area (Å²) in [7, 11) is 0. The molecule has 3 rings (SSSR count). The summed E-state index contributed by atoms with van der Waals surface area (Å²) in [6, 6.07) is 10.2. The molecule has 0 radical (unpaired) electrons. The van der Waals surface area contributed by atoms with E-state index in [1.165, 1.54) is 49.1 Å². The SMILES string of the molecule is O=C(Nc1ccc(OC(=O)c2cccnc2)c(C(=O)O)c1)c1cccnc1. The first-order valence-corrected chi connectivity index (χ1v) is 7.75. The molecule has 0 atom stereocenters. The zero-order valence-electron chi connectivity index (χ0n) is 13.8. The first-order chi connectivity index (χ1) is 13.0. The van der Waals surface area contributed by atoms with E-state index in [-0.39, 0.29) is 22.6 Å². The molecule has 27 heavy (non-hydrogen) atoms. The van der Waals surface area contributed by atoms with Gasteiger partial charge in [0, 0.05) is 30.5 Å². The Kier molecular flexibility index (Phi) is 5.17. The van der Waals surface area contributed by atoms with Crippen molar-refractivity contribution < 1.29 is 24.2 Å². The van der Waals surface area contributed by atoms with Crippen molar-refractivity contribution >= 4 is 23.5 Å². The average molecular weight is 363 g/mol. The Morgan fingerprint density at radius 3 is 2.19 bits per heavy atom. The number of nitrogens with zero attached hydrogens (tertiary/aromatic N) is 2. The number of amides is 1. The highest BCUT2D eigenvalue weighted by atomic mass is 16.5. The van der Waals surface area contributed by atoms with Crippen LogP contribution in [0.15, 0.2) is 67.3 Å². The fourth-order valence-electron chi connectivity index (χ4n) is 2.21. The zero-order valence-corrected chi connectivity index (χ0v) is 13.8. The van der Waals surface area contributed by atoms with Crippen molar-refractivity contribution in [2.75, 3.05) is 5.32 Å². The van der Waals surface area contributed by atoms with E-state index in [0.29, 0.717) is 5.56 Å². The fraction of sp³-hybridized carbons (Fsp3) is 0. The predicted octanol–water partition coefficient (Wildman–Crippen LogP) is 2.65. The van der Waals surface area contributed by atoms with Crippen LogP contribution in [0.2, 0.25) is 0 Å². The van der Waals surface area contributed by atoms with Gasteiger partial charge in [-0.2, -0.15) is 0 Å². The standard InChI is InChI=1S/C19H13N3O5/c23-17(12-3-1-7-20-10-12)22-14-5-6-16(15(9-14)18(24)25)27-19(26)13-4-2-8-21-11-13/h1-11H,(H,22,23)(H,24,25). The minimum absolute atomic E-state index is 0.143. The molecule has 0 unspecified atom stereocenters. The number of nitrogens with one attached hydrogen (secondary N) is 1. The molecule has 1 aromatic carbocycles. The highest BCUT2D eigenvalue weighted by Gasteiger charge is 2.17. The van der Waals surface area contributed by atoms with Crippen molar-refractivity contribution in [3.63, 3.8) is 0 Å². The van der Waals surface area contributed by atoms with Gasteiger partial charge < -0.3 is 15.2 Å². The third-order valence-electron chi connectivity index (χ3n) is 3.49. The Morgan fingerprint density at radius 1 is 0.926 bits per heavy atom. The van der Waals surface area contributed by atoms with Crippen molar-refractivity contribution in [3.8, 4) is 5.75 Å². The van der Waals surface area contributed by atoms with Crippen LogP contribution in [0.4, 0.5) is 5.69 Å². The zero-order chi connectivity index (χ0) is 19.2. The Balaban J connectivity index is 1.82. The van der Waals surface area contributed by atoms with E-state index >= 15 is 0 Å². The molecule has 0 aliphatic carbocycles. The molecule has 2 heterocycles. The van der Waals surface area contributed by atoms with Gasteiger partial charge in [-0.3, -0.25) is 14.8 Å². The Morgan fingerprint density at radius 2 is 1.59 bits per heavy atom. The van der Waals surface area contributed by atoms with E-state index in [9.17, 15) is 19.5 Å². The monoisotopic (exact) mass is 363 g/mol. The van der Waals surface area contributed by atoms with Crippen molar-refractivity contribution in [1.29, 1.82) is 0 Å². The summed E-state index contributed by atoms with van der Waals surface area (Å²) < 4.78 is 5.16.